The van der Waals surface area contributed by atoms with Crippen LogP contribution in [0.1, 0.15) is 66.7 Å². The second-order valence-corrected chi connectivity index (χ2v) is 6.88. The summed E-state index contributed by atoms with van der Waals surface area (Å²) in [6.07, 6.45) is 5.34. The maximum absolute atomic E-state index is 12.3. The van der Waals surface area contributed by atoms with E-state index in [1.165, 1.54) is 12.8 Å². The Morgan fingerprint density at radius 1 is 1.24 bits per heavy atom. The Kier molecular flexibility index (Phi) is 2.83. The molecule has 1 saturated carbocycles. The lowest BCUT2D eigenvalue weighted by Gasteiger charge is -2.47. The van der Waals surface area contributed by atoms with Crippen molar-refractivity contribution in [1.82, 2.24) is 0 Å². The summed E-state index contributed by atoms with van der Waals surface area (Å²) < 4.78 is 5.92. The van der Waals surface area contributed by atoms with Crippen LogP contribution < -0.4 is 0 Å². The number of hydrogen-bond donors (Lipinski definition) is 0. The molecule has 1 heterocycles. The Balaban J connectivity index is 2.35. The highest BCUT2D eigenvalue weighted by Crippen LogP contribution is 2.61. The second kappa shape index (κ2) is 3.73. The van der Waals surface area contributed by atoms with Crippen LogP contribution >= 0.6 is 0 Å². The smallest absolute Gasteiger partial charge is 0.313 e. The molecule has 0 aromatic rings. The van der Waals surface area contributed by atoms with Gasteiger partial charge in [0.15, 0.2) is 0 Å². The SMILES string of the molecule is CCC1(C)C(=O)OC2(CCC(C)CC2)C1(C)C. The molecule has 1 spiro atoms. The molecular weight excluding hydrogens is 212 g/mol. The predicted octanol–water partition coefficient (Wildman–Crippen LogP) is 3.93. The molecule has 0 N–H and O–H groups in total. The lowest BCUT2D eigenvalue weighted by molar-refractivity contribution is -0.157. The summed E-state index contributed by atoms with van der Waals surface area (Å²) in [5, 5.41) is 0. The van der Waals surface area contributed by atoms with Crippen LogP contribution in [0.5, 0.6) is 0 Å². The molecule has 1 aliphatic heterocycles. The molecule has 2 fully saturated rings. The van der Waals surface area contributed by atoms with E-state index in [4.69, 9.17) is 4.74 Å². The molecule has 2 heteroatoms. The molecule has 0 aromatic carbocycles. The van der Waals surface area contributed by atoms with Crippen molar-refractivity contribution < 1.29 is 9.53 Å². The van der Waals surface area contributed by atoms with E-state index in [-0.39, 0.29) is 22.4 Å². The van der Waals surface area contributed by atoms with E-state index >= 15 is 0 Å². The fraction of sp³-hybridized carbons (Fsp3) is 0.933. The first-order chi connectivity index (χ1) is 7.79. The van der Waals surface area contributed by atoms with Crippen LogP contribution in [0.25, 0.3) is 0 Å². The zero-order chi connectivity index (χ0) is 12.9. The van der Waals surface area contributed by atoms with Crippen LogP contribution in [0.2, 0.25) is 0 Å². The normalized spacial score (nSPS) is 45.0. The number of rotatable bonds is 1. The van der Waals surface area contributed by atoms with Gasteiger partial charge >= 0.3 is 5.97 Å². The Hall–Kier alpha value is -0.530. The van der Waals surface area contributed by atoms with Crippen molar-refractivity contribution in [3.63, 3.8) is 0 Å². The van der Waals surface area contributed by atoms with E-state index < -0.39 is 0 Å². The number of carbonyl (C=O) groups excluding carboxylic acids is 1. The van der Waals surface area contributed by atoms with Crippen LogP contribution in [-0.2, 0) is 9.53 Å². The Labute approximate surface area is 105 Å². The number of carbonyl (C=O) groups is 1. The molecule has 1 unspecified atom stereocenters. The van der Waals surface area contributed by atoms with Crippen molar-refractivity contribution >= 4 is 5.97 Å². The fourth-order valence-corrected chi connectivity index (χ4v) is 3.72. The van der Waals surface area contributed by atoms with Gasteiger partial charge in [-0.2, -0.15) is 0 Å². The quantitative estimate of drug-likeness (QED) is 0.647. The predicted molar refractivity (Wildman–Crippen MR) is 68.6 cm³/mol. The van der Waals surface area contributed by atoms with Crippen molar-refractivity contribution in [1.29, 1.82) is 0 Å². The lowest BCUT2D eigenvalue weighted by atomic mass is 9.55. The van der Waals surface area contributed by atoms with E-state index in [0.29, 0.717) is 0 Å². The van der Waals surface area contributed by atoms with Gasteiger partial charge in [0.25, 0.3) is 0 Å². The van der Waals surface area contributed by atoms with E-state index in [2.05, 4.69) is 34.6 Å². The third kappa shape index (κ3) is 1.49. The molecule has 17 heavy (non-hydrogen) atoms. The highest BCUT2D eigenvalue weighted by Gasteiger charge is 2.66. The first kappa shape index (κ1) is 12.9. The van der Waals surface area contributed by atoms with Crippen LogP contribution in [0.15, 0.2) is 0 Å². The van der Waals surface area contributed by atoms with Gasteiger partial charge in [-0.3, -0.25) is 4.79 Å². The van der Waals surface area contributed by atoms with Gasteiger partial charge in [-0.05, 0) is 44.9 Å². The highest BCUT2D eigenvalue weighted by atomic mass is 16.6. The minimum atomic E-state index is -0.312. The van der Waals surface area contributed by atoms with Crippen molar-refractivity contribution in [2.24, 2.45) is 16.7 Å². The lowest BCUT2D eigenvalue weighted by Crippen LogP contribution is -2.49. The average molecular weight is 238 g/mol. The summed E-state index contributed by atoms with van der Waals surface area (Å²) in [4.78, 5) is 12.3. The minimum absolute atomic E-state index is 0.0274. The van der Waals surface area contributed by atoms with Crippen LogP contribution in [0, 0.1) is 16.7 Å². The maximum Gasteiger partial charge on any atom is 0.313 e. The Bertz CT molecular complexity index is 324. The van der Waals surface area contributed by atoms with E-state index in [9.17, 15) is 4.79 Å². The van der Waals surface area contributed by atoms with E-state index in [0.717, 1.165) is 25.2 Å². The summed E-state index contributed by atoms with van der Waals surface area (Å²) in [5.74, 6) is 0.808. The molecule has 0 bridgehead atoms. The molecule has 1 aliphatic carbocycles. The van der Waals surface area contributed by atoms with E-state index in [1.54, 1.807) is 0 Å². The average Bonchev–Trinajstić information content (AvgIpc) is 2.43. The van der Waals surface area contributed by atoms with Gasteiger partial charge in [-0.25, -0.2) is 0 Å². The first-order valence-electron chi connectivity index (χ1n) is 7.02. The van der Waals surface area contributed by atoms with Crippen molar-refractivity contribution in [3.8, 4) is 0 Å². The monoisotopic (exact) mass is 238 g/mol. The number of hydrogen-bond acceptors (Lipinski definition) is 2. The summed E-state index contributed by atoms with van der Waals surface area (Å²) in [5.41, 5.74) is -0.555. The van der Waals surface area contributed by atoms with Crippen molar-refractivity contribution in [2.45, 2.75) is 72.3 Å². The highest BCUT2D eigenvalue weighted by molar-refractivity contribution is 5.81. The largest absolute Gasteiger partial charge is 0.458 e. The maximum atomic E-state index is 12.3. The molecule has 0 aromatic heterocycles. The summed E-state index contributed by atoms with van der Waals surface area (Å²) in [6.45, 7) is 11.0. The van der Waals surface area contributed by atoms with Gasteiger partial charge in [0.1, 0.15) is 5.60 Å². The molecular formula is C15H26O2. The molecule has 2 aliphatic rings. The summed E-state index contributed by atoms with van der Waals surface area (Å²) in [6, 6.07) is 0. The molecule has 0 radical (unpaired) electrons. The van der Waals surface area contributed by atoms with Gasteiger partial charge in [0.2, 0.25) is 0 Å². The van der Waals surface area contributed by atoms with Gasteiger partial charge in [-0.1, -0.05) is 27.7 Å². The van der Waals surface area contributed by atoms with Crippen LogP contribution in [0.4, 0.5) is 0 Å². The molecule has 2 nitrogen and oxygen atoms in total. The molecule has 1 saturated heterocycles. The third-order valence-electron chi connectivity index (χ3n) is 6.05. The van der Waals surface area contributed by atoms with Crippen LogP contribution in [0.3, 0.4) is 0 Å². The molecule has 2 rings (SSSR count). The minimum Gasteiger partial charge on any atom is -0.458 e. The number of esters is 1. The first-order valence-corrected chi connectivity index (χ1v) is 7.02. The Morgan fingerprint density at radius 3 is 2.18 bits per heavy atom. The third-order valence-corrected chi connectivity index (χ3v) is 6.05. The summed E-state index contributed by atoms with van der Waals surface area (Å²) >= 11 is 0. The van der Waals surface area contributed by atoms with Crippen molar-refractivity contribution in [2.75, 3.05) is 0 Å². The fourth-order valence-electron chi connectivity index (χ4n) is 3.72. The molecule has 0 amide bonds. The van der Waals surface area contributed by atoms with Crippen LogP contribution in [-0.4, -0.2) is 11.6 Å². The summed E-state index contributed by atoms with van der Waals surface area (Å²) in [7, 11) is 0. The Morgan fingerprint density at radius 2 is 1.76 bits per heavy atom. The zero-order valence-electron chi connectivity index (χ0n) is 11.9. The second-order valence-electron chi connectivity index (χ2n) is 6.88. The van der Waals surface area contributed by atoms with Gasteiger partial charge in [0.05, 0.1) is 5.41 Å². The van der Waals surface area contributed by atoms with Gasteiger partial charge in [0, 0.05) is 5.41 Å². The molecule has 1 atom stereocenters. The van der Waals surface area contributed by atoms with Gasteiger partial charge in [-0.15, -0.1) is 0 Å². The van der Waals surface area contributed by atoms with E-state index in [1.807, 2.05) is 0 Å². The molecule has 98 valence electrons. The standard InChI is InChI=1S/C15H26O2/c1-6-14(5)12(16)17-15(13(14,3)4)9-7-11(2)8-10-15/h11H,6-10H2,1-5H3. The van der Waals surface area contributed by atoms with Crippen molar-refractivity contribution in [3.05, 3.63) is 0 Å². The number of ether oxygens (including phenoxy) is 1. The topological polar surface area (TPSA) is 26.3 Å². The zero-order valence-corrected chi connectivity index (χ0v) is 11.9. The van der Waals surface area contributed by atoms with Gasteiger partial charge < -0.3 is 4.74 Å².